The van der Waals surface area contributed by atoms with Gasteiger partial charge in [0.1, 0.15) is 17.5 Å². The van der Waals surface area contributed by atoms with Crippen molar-refractivity contribution in [3.63, 3.8) is 0 Å². The Morgan fingerprint density at radius 3 is 2.12 bits per heavy atom. The molecule has 6 nitrogen and oxygen atoms in total. The van der Waals surface area contributed by atoms with E-state index in [2.05, 4.69) is 5.32 Å². The van der Waals surface area contributed by atoms with Crippen LogP contribution >= 0.6 is 0 Å². The normalized spacial score (nSPS) is 11.3. The Hall–Kier alpha value is -3.80. The zero-order chi connectivity index (χ0) is 23.5. The van der Waals surface area contributed by atoms with Gasteiger partial charge in [-0.3, -0.25) is 9.59 Å². The van der Waals surface area contributed by atoms with E-state index >= 15 is 0 Å². The number of para-hydroxylation sites is 1. The molecule has 0 radical (unpaired) electrons. The van der Waals surface area contributed by atoms with Crippen LogP contribution in [0.4, 0.5) is 0 Å². The number of nitrogens with zero attached hydrogens (tertiary/aromatic N) is 1. The Bertz CT molecular complexity index is 1010. The number of amides is 2. The van der Waals surface area contributed by atoms with Crippen LogP contribution in [0.3, 0.4) is 0 Å². The van der Waals surface area contributed by atoms with Crippen LogP contribution in [0, 0.1) is 0 Å². The van der Waals surface area contributed by atoms with E-state index in [-0.39, 0.29) is 25.0 Å². The molecule has 2 amide bonds. The highest BCUT2D eigenvalue weighted by Gasteiger charge is 2.26. The molecule has 0 aliphatic rings. The second-order valence-electron chi connectivity index (χ2n) is 7.67. The van der Waals surface area contributed by atoms with Gasteiger partial charge in [0.15, 0.2) is 6.61 Å². The summed E-state index contributed by atoms with van der Waals surface area (Å²) in [5.74, 6) is 0.874. The highest BCUT2D eigenvalue weighted by Crippen LogP contribution is 2.16. The van der Waals surface area contributed by atoms with Gasteiger partial charge in [-0.2, -0.15) is 0 Å². The topological polar surface area (TPSA) is 67.9 Å². The van der Waals surface area contributed by atoms with Crippen molar-refractivity contribution in [3.05, 3.63) is 96.1 Å². The van der Waals surface area contributed by atoms with E-state index in [1.165, 1.54) is 0 Å². The Morgan fingerprint density at radius 2 is 1.48 bits per heavy atom. The Kier molecular flexibility index (Phi) is 8.88. The highest BCUT2D eigenvalue weighted by molar-refractivity contribution is 5.88. The van der Waals surface area contributed by atoms with E-state index in [9.17, 15) is 9.59 Å². The first kappa shape index (κ1) is 23.9. The van der Waals surface area contributed by atoms with Crippen LogP contribution in [0.25, 0.3) is 0 Å². The van der Waals surface area contributed by atoms with E-state index in [0.29, 0.717) is 12.3 Å². The molecule has 0 aliphatic heterocycles. The predicted octanol–water partition coefficient (Wildman–Crippen LogP) is 3.85. The highest BCUT2D eigenvalue weighted by atomic mass is 16.5. The molecule has 0 bridgehead atoms. The summed E-state index contributed by atoms with van der Waals surface area (Å²) < 4.78 is 10.9. The first-order valence-electron chi connectivity index (χ1n) is 11.0. The molecule has 172 valence electrons. The van der Waals surface area contributed by atoms with Crippen LogP contribution in [0.5, 0.6) is 11.5 Å². The van der Waals surface area contributed by atoms with Gasteiger partial charge in [0, 0.05) is 13.1 Å². The van der Waals surface area contributed by atoms with E-state index < -0.39 is 6.04 Å². The summed E-state index contributed by atoms with van der Waals surface area (Å²) in [6.07, 6.45) is 0.725. The zero-order valence-electron chi connectivity index (χ0n) is 19.1. The first-order chi connectivity index (χ1) is 16.1. The fraction of sp³-hybridized carbons (Fsp3) is 0.259. The third-order valence-corrected chi connectivity index (χ3v) is 5.34. The van der Waals surface area contributed by atoms with Crippen molar-refractivity contribution in [2.75, 3.05) is 20.3 Å². The Morgan fingerprint density at radius 1 is 0.848 bits per heavy atom. The molecule has 0 saturated carbocycles. The number of benzene rings is 3. The molecule has 33 heavy (non-hydrogen) atoms. The van der Waals surface area contributed by atoms with Crippen LogP contribution < -0.4 is 14.8 Å². The zero-order valence-corrected chi connectivity index (χ0v) is 19.1. The van der Waals surface area contributed by atoms with E-state index in [1.54, 1.807) is 31.1 Å². The molecule has 0 fully saturated rings. The average molecular weight is 447 g/mol. The summed E-state index contributed by atoms with van der Waals surface area (Å²) in [5, 5.41) is 2.95. The Balaban J connectivity index is 1.65. The molecule has 0 heterocycles. The molecule has 1 atom stereocenters. The molecular weight excluding hydrogens is 416 g/mol. The van der Waals surface area contributed by atoms with Crippen molar-refractivity contribution in [2.45, 2.75) is 25.9 Å². The van der Waals surface area contributed by atoms with Gasteiger partial charge >= 0.3 is 0 Å². The second-order valence-corrected chi connectivity index (χ2v) is 7.67. The van der Waals surface area contributed by atoms with Crippen LogP contribution in [0.2, 0.25) is 0 Å². The lowest BCUT2D eigenvalue weighted by molar-refractivity contribution is -0.142. The van der Waals surface area contributed by atoms with Crippen molar-refractivity contribution in [3.8, 4) is 11.5 Å². The molecular formula is C27H30N2O4. The number of carbonyl (C=O) groups excluding carboxylic acids is 2. The van der Waals surface area contributed by atoms with Crippen molar-refractivity contribution in [2.24, 2.45) is 0 Å². The van der Waals surface area contributed by atoms with E-state index in [1.807, 2.05) is 72.8 Å². The summed E-state index contributed by atoms with van der Waals surface area (Å²) >= 11 is 0. The molecule has 0 aromatic heterocycles. The monoisotopic (exact) mass is 446 g/mol. The smallest absolute Gasteiger partial charge is 0.261 e. The lowest BCUT2D eigenvalue weighted by Crippen LogP contribution is -2.49. The summed E-state index contributed by atoms with van der Waals surface area (Å²) in [4.78, 5) is 27.5. The number of hydrogen-bond acceptors (Lipinski definition) is 4. The van der Waals surface area contributed by atoms with Gasteiger partial charge in [-0.15, -0.1) is 0 Å². The lowest BCUT2D eigenvalue weighted by Gasteiger charge is -2.29. The summed E-state index contributed by atoms with van der Waals surface area (Å²) in [7, 11) is 1.60. The van der Waals surface area contributed by atoms with Crippen LogP contribution in [-0.4, -0.2) is 43.0 Å². The van der Waals surface area contributed by atoms with Gasteiger partial charge < -0.3 is 19.7 Å². The van der Waals surface area contributed by atoms with Gasteiger partial charge in [0.25, 0.3) is 5.91 Å². The number of ether oxygens (including phenoxy) is 2. The minimum absolute atomic E-state index is 0.151. The molecule has 0 saturated heterocycles. The van der Waals surface area contributed by atoms with Crippen LogP contribution in [0.15, 0.2) is 84.9 Å². The molecule has 3 rings (SSSR count). The third-order valence-electron chi connectivity index (χ3n) is 5.34. The number of carbonyl (C=O) groups is 2. The number of hydrogen-bond donors (Lipinski definition) is 1. The average Bonchev–Trinajstić information content (AvgIpc) is 2.87. The first-order valence-corrected chi connectivity index (χ1v) is 11.0. The SMILES string of the molecule is COc1ccc(CN(C(=O)COc2ccccc2)C(C)C(=O)NCCc2ccccc2)cc1. The molecule has 0 spiro atoms. The summed E-state index contributed by atoms with van der Waals surface area (Å²) in [6.45, 7) is 2.37. The number of rotatable bonds is 11. The van der Waals surface area contributed by atoms with Crippen molar-refractivity contribution in [1.29, 1.82) is 0 Å². The van der Waals surface area contributed by atoms with Gasteiger partial charge in [-0.25, -0.2) is 0 Å². The van der Waals surface area contributed by atoms with Crippen LogP contribution in [0.1, 0.15) is 18.1 Å². The maximum absolute atomic E-state index is 13.1. The minimum Gasteiger partial charge on any atom is -0.497 e. The van der Waals surface area contributed by atoms with Gasteiger partial charge in [0.05, 0.1) is 7.11 Å². The molecule has 1 unspecified atom stereocenters. The van der Waals surface area contributed by atoms with Crippen molar-refractivity contribution < 1.29 is 19.1 Å². The number of nitrogens with one attached hydrogen (secondary N) is 1. The fourth-order valence-corrected chi connectivity index (χ4v) is 3.38. The minimum atomic E-state index is -0.658. The predicted molar refractivity (Wildman–Crippen MR) is 128 cm³/mol. The third kappa shape index (κ3) is 7.38. The maximum Gasteiger partial charge on any atom is 0.261 e. The van der Waals surface area contributed by atoms with Crippen LogP contribution in [-0.2, 0) is 22.6 Å². The van der Waals surface area contributed by atoms with Crippen molar-refractivity contribution >= 4 is 11.8 Å². The fourth-order valence-electron chi connectivity index (χ4n) is 3.38. The molecule has 3 aromatic rings. The van der Waals surface area contributed by atoms with E-state index in [0.717, 1.165) is 23.3 Å². The molecule has 3 aromatic carbocycles. The quantitative estimate of drug-likeness (QED) is 0.486. The molecule has 6 heteroatoms. The van der Waals surface area contributed by atoms with Gasteiger partial charge in [0.2, 0.25) is 5.91 Å². The molecule has 1 N–H and O–H groups in total. The lowest BCUT2D eigenvalue weighted by atomic mass is 10.1. The van der Waals surface area contributed by atoms with Crippen molar-refractivity contribution in [1.82, 2.24) is 10.2 Å². The van der Waals surface area contributed by atoms with Gasteiger partial charge in [-0.1, -0.05) is 60.7 Å². The standard InChI is InChI=1S/C27H30N2O4/c1-21(27(31)28-18-17-22-9-5-3-6-10-22)29(19-23-13-15-24(32-2)16-14-23)26(30)20-33-25-11-7-4-8-12-25/h3-16,21H,17-20H2,1-2H3,(H,28,31). The maximum atomic E-state index is 13.1. The largest absolute Gasteiger partial charge is 0.497 e. The summed E-state index contributed by atoms with van der Waals surface area (Å²) in [5.41, 5.74) is 2.04. The second kappa shape index (κ2) is 12.3. The van der Waals surface area contributed by atoms with Gasteiger partial charge in [-0.05, 0) is 48.7 Å². The van der Waals surface area contributed by atoms with E-state index in [4.69, 9.17) is 9.47 Å². The Labute approximate surface area is 195 Å². The number of methoxy groups -OCH3 is 1. The summed E-state index contributed by atoms with van der Waals surface area (Å²) in [6, 6.07) is 25.9. The molecule has 0 aliphatic carbocycles.